The molecule has 0 aromatic carbocycles. The smallest absolute Gasteiger partial charge is 0.245 e. The monoisotopic (exact) mass is 232 g/mol. The van der Waals surface area contributed by atoms with Gasteiger partial charge in [-0.1, -0.05) is 12.2 Å². The van der Waals surface area contributed by atoms with Crippen LogP contribution in [0.25, 0.3) is 0 Å². The lowest BCUT2D eigenvalue weighted by Crippen LogP contribution is -2.27. The van der Waals surface area contributed by atoms with Gasteiger partial charge >= 0.3 is 0 Å². The second kappa shape index (κ2) is 5.26. The summed E-state index contributed by atoms with van der Waals surface area (Å²) in [6.07, 6.45) is 16.8. The van der Waals surface area contributed by atoms with Gasteiger partial charge in [0.1, 0.15) is 11.5 Å². The molecule has 0 aromatic heterocycles. The highest BCUT2D eigenvalue weighted by Crippen LogP contribution is 2.24. The lowest BCUT2D eigenvalue weighted by atomic mass is 10.1. The van der Waals surface area contributed by atoms with Crippen molar-refractivity contribution in [2.75, 3.05) is 0 Å². The van der Waals surface area contributed by atoms with E-state index in [1.165, 1.54) is 0 Å². The van der Waals surface area contributed by atoms with E-state index < -0.39 is 5.79 Å². The van der Waals surface area contributed by atoms with E-state index in [4.69, 9.17) is 9.47 Å². The Labute approximate surface area is 103 Å². The molecule has 17 heavy (non-hydrogen) atoms. The topological polar surface area (TPSA) is 18.5 Å². The van der Waals surface area contributed by atoms with Crippen molar-refractivity contribution in [1.82, 2.24) is 0 Å². The second-order valence-corrected chi connectivity index (χ2v) is 4.78. The van der Waals surface area contributed by atoms with Crippen LogP contribution in [0.3, 0.4) is 0 Å². The number of rotatable bonds is 4. The predicted molar refractivity (Wildman–Crippen MR) is 69.2 cm³/mol. The van der Waals surface area contributed by atoms with Crippen molar-refractivity contribution in [2.24, 2.45) is 0 Å². The average molecular weight is 232 g/mol. The number of ether oxygens (including phenoxy) is 2. The van der Waals surface area contributed by atoms with Gasteiger partial charge in [-0.2, -0.15) is 0 Å². The molecule has 2 rings (SSSR count). The first-order valence-electron chi connectivity index (χ1n) is 6.27. The molecule has 0 fully saturated rings. The highest BCUT2D eigenvalue weighted by Gasteiger charge is 2.23. The molecule has 0 aromatic rings. The molecule has 2 nitrogen and oxygen atoms in total. The molecule has 0 saturated carbocycles. The zero-order chi connectivity index (χ0) is 12.1. The summed E-state index contributed by atoms with van der Waals surface area (Å²) in [5, 5.41) is 0. The molecule has 0 aliphatic heterocycles. The maximum Gasteiger partial charge on any atom is 0.245 e. The molecule has 2 aliphatic carbocycles. The molecule has 0 heterocycles. The van der Waals surface area contributed by atoms with Gasteiger partial charge in [0, 0.05) is 13.8 Å². The van der Waals surface area contributed by atoms with Crippen LogP contribution in [-0.4, -0.2) is 5.79 Å². The molecule has 92 valence electrons. The average Bonchev–Trinajstić information content (AvgIpc) is 2.30. The first-order valence-corrected chi connectivity index (χ1v) is 6.27. The summed E-state index contributed by atoms with van der Waals surface area (Å²) < 4.78 is 11.7. The Bertz CT molecular complexity index is 348. The summed E-state index contributed by atoms with van der Waals surface area (Å²) >= 11 is 0. The zero-order valence-electron chi connectivity index (χ0n) is 10.6. The lowest BCUT2D eigenvalue weighted by Gasteiger charge is -2.29. The van der Waals surface area contributed by atoms with Crippen molar-refractivity contribution in [2.45, 2.75) is 45.3 Å². The molecule has 0 atom stereocenters. The normalized spacial score (nSPS) is 19.6. The molecule has 0 amide bonds. The minimum Gasteiger partial charge on any atom is -0.453 e. The minimum absolute atomic E-state index is 0.624. The first kappa shape index (κ1) is 12.0. The van der Waals surface area contributed by atoms with Crippen LogP contribution in [0.1, 0.15) is 39.5 Å². The van der Waals surface area contributed by atoms with E-state index in [-0.39, 0.29) is 0 Å². The molecular formula is C15H20O2. The third-order valence-corrected chi connectivity index (χ3v) is 2.65. The Morgan fingerprint density at radius 1 is 0.824 bits per heavy atom. The SMILES string of the molecule is CC(C)(OC1=CCCC=C1)OC1=CCCC=C1. The molecule has 0 bridgehead atoms. The van der Waals surface area contributed by atoms with Crippen LogP contribution >= 0.6 is 0 Å². The zero-order valence-corrected chi connectivity index (χ0v) is 10.6. The number of hydrogen-bond acceptors (Lipinski definition) is 2. The number of hydrogen-bond donors (Lipinski definition) is 0. The molecule has 0 spiro atoms. The van der Waals surface area contributed by atoms with Crippen molar-refractivity contribution in [3.8, 4) is 0 Å². The maximum absolute atomic E-state index is 5.86. The summed E-state index contributed by atoms with van der Waals surface area (Å²) in [5.41, 5.74) is 0. The third-order valence-electron chi connectivity index (χ3n) is 2.65. The summed E-state index contributed by atoms with van der Waals surface area (Å²) in [7, 11) is 0. The van der Waals surface area contributed by atoms with E-state index >= 15 is 0 Å². The molecule has 0 saturated heterocycles. The van der Waals surface area contributed by atoms with Gasteiger partial charge in [-0.3, -0.25) is 0 Å². The lowest BCUT2D eigenvalue weighted by molar-refractivity contribution is -0.158. The Balaban J connectivity index is 1.93. The molecule has 0 N–H and O–H groups in total. The fraction of sp³-hybridized carbons (Fsp3) is 0.467. The summed E-state index contributed by atoms with van der Waals surface area (Å²) in [5.74, 6) is 1.18. The van der Waals surface area contributed by atoms with Crippen LogP contribution in [0.4, 0.5) is 0 Å². The van der Waals surface area contributed by atoms with Gasteiger partial charge in [-0.25, -0.2) is 0 Å². The van der Waals surface area contributed by atoms with Gasteiger partial charge in [0.15, 0.2) is 0 Å². The van der Waals surface area contributed by atoms with E-state index in [0.717, 1.165) is 37.2 Å². The van der Waals surface area contributed by atoms with Crippen LogP contribution in [-0.2, 0) is 9.47 Å². The van der Waals surface area contributed by atoms with Gasteiger partial charge in [0.25, 0.3) is 0 Å². The van der Waals surface area contributed by atoms with Gasteiger partial charge < -0.3 is 9.47 Å². The molecule has 2 aliphatic rings. The van der Waals surface area contributed by atoms with Gasteiger partial charge in [0.2, 0.25) is 5.79 Å². The van der Waals surface area contributed by atoms with Crippen molar-refractivity contribution in [3.63, 3.8) is 0 Å². The Morgan fingerprint density at radius 2 is 1.29 bits per heavy atom. The van der Waals surface area contributed by atoms with Crippen molar-refractivity contribution < 1.29 is 9.47 Å². The van der Waals surface area contributed by atoms with Crippen molar-refractivity contribution >= 4 is 0 Å². The van der Waals surface area contributed by atoms with Crippen LogP contribution in [0.2, 0.25) is 0 Å². The van der Waals surface area contributed by atoms with Crippen LogP contribution in [0.15, 0.2) is 48.0 Å². The van der Waals surface area contributed by atoms with Crippen LogP contribution in [0.5, 0.6) is 0 Å². The molecule has 2 heteroatoms. The first-order chi connectivity index (χ1) is 8.16. The van der Waals surface area contributed by atoms with Gasteiger partial charge in [0.05, 0.1) is 0 Å². The van der Waals surface area contributed by atoms with Crippen molar-refractivity contribution in [3.05, 3.63) is 48.0 Å². The van der Waals surface area contributed by atoms with Crippen LogP contribution in [0, 0.1) is 0 Å². The highest BCUT2D eigenvalue weighted by atomic mass is 16.7. The summed E-state index contributed by atoms with van der Waals surface area (Å²) in [4.78, 5) is 0. The van der Waals surface area contributed by atoms with E-state index in [2.05, 4.69) is 24.3 Å². The van der Waals surface area contributed by atoms with E-state index in [9.17, 15) is 0 Å². The second-order valence-electron chi connectivity index (χ2n) is 4.78. The van der Waals surface area contributed by atoms with Crippen LogP contribution < -0.4 is 0 Å². The highest BCUT2D eigenvalue weighted by molar-refractivity contribution is 5.18. The minimum atomic E-state index is -0.624. The number of allylic oxidation sites excluding steroid dienone is 6. The predicted octanol–water partition coefficient (Wildman–Crippen LogP) is 4.22. The summed E-state index contributed by atoms with van der Waals surface area (Å²) in [6.45, 7) is 3.89. The third kappa shape index (κ3) is 3.81. The molecule has 0 unspecified atom stereocenters. The fourth-order valence-corrected chi connectivity index (χ4v) is 1.92. The summed E-state index contributed by atoms with van der Waals surface area (Å²) in [6, 6.07) is 0. The molecular weight excluding hydrogens is 212 g/mol. The van der Waals surface area contributed by atoms with E-state index in [1.807, 2.05) is 26.0 Å². The Hall–Kier alpha value is -1.44. The maximum atomic E-state index is 5.86. The van der Waals surface area contributed by atoms with Gasteiger partial charge in [-0.15, -0.1) is 0 Å². The van der Waals surface area contributed by atoms with E-state index in [1.54, 1.807) is 0 Å². The quantitative estimate of drug-likeness (QED) is 0.675. The van der Waals surface area contributed by atoms with Crippen molar-refractivity contribution in [1.29, 1.82) is 0 Å². The Kier molecular flexibility index (Phi) is 3.72. The largest absolute Gasteiger partial charge is 0.453 e. The Morgan fingerprint density at radius 3 is 1.65 bits per heavy atom. The van der Waals surface area contributed by atoms with E-state index in [0.29, 0.717) is 0 Å². The fourth-order valence-electron chi connectivity index (χ4n) is 1.92. The van der Waals surface area contributed by atoms with Gasteiger partial charge in [-0.05, 0) is 50.0 Å². The molecule has 0 radical (unpaired) electrons. The standard InChI is InChI=1S/C15H20O2/c1-15(2,16-13-9-5-3-6-10-13)17-14-11-7-4-8-12-14/h5,7,9-12H,3-4,6,8H2,1-2H3.